The molecule has 1 heterocycles. The lowest BCUT2D eigenvalue weighted by Gasteiger charge is -2.06. The maximum atomic E-state index is 5.67. The van der Waals surface area contributed by atoms with Gasteiger partial charge in [-0.3, -0.25) is 0 Å². The largest absolute Gasteiger partial charge is 0.369 e. The number of terminal acetylenes is 1. The Morgan fingerprint density at radius 3 is 3.07 bits per heavy atom. The molecule has 5 heteroatoms. The number of nitrogens with zero attached hydrogens (tertiary/aromatic N) is 2. The van der Waals surface area contributed by atoms with E-state index in [9.17, 15) is 0 Å². The zero-order valence-corrected chi connectivity index (χ0v) is 10.5. The van der Waals surface area contributed by atoms with Crippen molar-refractivity contribution in [2.24, 2.45) is 0 Å². The van der Waals surface area contributed by atoms with Crippen LogP contribution >= 0.6 is 27.5 Å². The van der Waals surface area contributed by atoms with Gasteiger partial charge >= 0.3 is 0 Å². The third-order valence-electron chi connectivity index (χ3n) is 1.76. The molecule has 0 saturated carbocycles. The molecule has 80 valence electrons. The first-order valence-corrected chi connectivity index (χ1v) is 5.76. The number of aromatic nitrogens is 2. The summed E-state index contributed by atoms with van der Waals surface area (Å²) in [5, 5.41) is 3.40. The number of hydrogen-bond donors (Lipinski definition) is 1. The van der Waals surface area contributed by atoms with Gasteiger partial charge in [-0.1, -0.05) is 0 Å². The lowest BCUT2D eigenvalue weighted by atomic mass is 10.2. The molecule has 0 unspecified atom stereocenters. The third-order valence-corrected chi connectivity index (χ3v) is 2.52. The molecule has 0 bridgehead atoms. The summed E-state index contributed by atoms with van der Waals surface area (Å²) in [6, 6.07) is 0. The van der Waals surface area contributed by atoms with Gasteiger partial charge in [0.1, 0.15) is 5.82 Å². The van der Waals surface area contributed by atoms with Gasteiger partial charge in [-0.2, -0.15) is 4.98 Å². The number of anilines is 1. The molecule has 3 nitrogen and oxygen atoms in total. The fourth-order valence-electron chi connectivity index (χ4n) is 1.03. The zero-order valence-electron chi connectivity index (χ0n) is 8.13. The molecule has 0 aliphatic carbocycles. The van der Waals surface area contributed by atoms with Gasteiger partial charge in [0.05, 0.1) is 4.47 Å². The Labute approximate surface area is 103 Å². The Morgan fingerprint density at radius 2 is 2.33 bits per heavy atom. The number of hydrogen-bond acceptors (Lipinski definition) is 3. The van der Waals surface area contributed by atoms with Crippen molar-refractivity contribution < 1.29 is 0 Å². The number of unbranched alkanes of at least 4 members (excludes halogenated alkanes) is 2. The average Bonchev–Trinajstić information content (AvgIpc) is 2.23. The number of rotatable bonds is 5. The summed E-state index contributed by atoms with van der Waals surface area (Å²) in [7, 11) is 0. The molecule has 0 fully saturated rings. The molecule has 0 atom stereocenters. The topological polar surface area (TPSA) is 37.8 Å². The molecule has 1 aromatic rings. The fraction of sp³-hybridized carbons (Fsp3) is 0.400. The van der Waals surface area contributed by atoms with Gasteiger partial charge in [0, 0.05) is 19.2 Å². The van der Waals surface area contributed by atoms with Gasteiger partial charge in [0.2, 0.25) is 5.28 Å². The van der Waals surface area contributed by atoms with E-state index in [1.165, 1.54) is 0 Å². The van der Waals surface area contributed by atoms with Crippen LogP contribution in [0.4, 0.5) is 5.82 Å². The van der Waals surface area contributed by atoms with Crippen LogP contribution in [-0.4, -0.2) is 16.5 Å². The molecule has 0 aromatic carbocycles. The predicted molar refractivity (Wildman–Crippen MR) is 65.9 cm³/mol. The minimum atomic E-state index is 0.240. The van der Waals surface area contributed by atoms with Crippen molar-refractivity contribution in [1.29, 1.82) is 0 Å². The Bertz CT molecular complexity index is 362. The van der Waals surface area contributed by atoms with E-state index in [2.05, 4.69) is 37.1 Å². The van der Waals surface area contributed by atoms with Crippen molar-refractivity contribution in [3.05, 3.63) is 16.0 Å². The molecule has 0 aliphatic rings. The second kappa shape index (κ2) is 6.65. The van der Waals surface area contributed by atoms with E-state index in [4.69, 9.17) is 18.0 Å². The lowest BCUT2D eigenvalue weighted by Crippen LogP contribution is -2.04. The van der Waals surface area contributed by atoms with Crippen LogP contribution in [0.25, 0.3) is 0 Å². The summed E-state index contributed by atoms with van der Waals surface area (Å²) in [6.45, 7) is 0.827. The summed E-state index contributed by atoms with van der Waals surface area (Å²) in [5.74, 6) is 3.32. The first-order chi connectivity index (χ1) is 7.24. The van der Waals surface area contributed by atoms with E-state index in [0.717, 1.165) is 36.1 Å². The molecule has 1 aromatic heterocycles. The Kier molecular flexibility index (Phi) is 5.44. The van der Waals surface area contributed by atoms with E-state index in [1.54, 1.807) is 6.20 Å². The number of halogens is 2. The molecule has 0 radical (unpaired) electrons. The maximum absolute atomic E-state index is 5.67. The van der Waals surface area contributed by atoms with Crippen LogP contribution < -0.4 is 5.32 Å². The Balaban J connectivity index is 2.37. The van der Waals surface area contributed by atoms with Gasteiger partial charge in [0.15, 0.2) is 0 Å². The van der Waals surface area contributed by atoms with E-state index < -0.39 is 0 Å². The normalized spacial score (nSPS) is 9.67. The van der Waals surface area contributed by atoms with Gasteiger partial charge in [-0.05, 0) is 40.4 Å². The van der Waals surface area contributed by atoms with E-state index >= 15 is 0 Å². The smallest absolute Gasteiger partial charge is 0.224 e. The molecule has 15 heavy (non-hydrogen) atoms. The van der Waals surface area contributed by atoms with Crippen LogP contribution in [0.3, 0.4) is 0 Å². The van der Waals surface area contributed by atoms with E-state index in [0.29, 0.717) is 0 Å². The van der Waals surface area contributed by atoms with Gasteiger partial charge in [-0.15, -0.1) is 12.3 Å². The quantitative estimate of drug-likeness (QED) is 0.514. The Morgan fingerprint density at radius 1 is 1.53 bits per heavy atom. The van der Waals surface area contributed by atoms with Crippen molar-refractivity contribution in [1.82, 2.24) is 9.97 Å². The summed E-state index contributed by atoms with van der Waals surface area (Å²) < 4.78 is 0.809. The molecule has 0 aliphatic heterocycles. The van der Waals surface area contributed by atoms with E-state index in [1.807, 2.05) is 0 Å². The van der Waals surface area contributed by atoms with Crippen molar-refractivity contribution in [2.45, 2.75) is 19.3 Å². The molecule has 1 N–H and O–H groups in total. The summed E-state index contributed by atoms with van der Waals surface area (Å²) >= 11 is 9.00. The number of nitrogens with one attached hydrogen (secondary N) is 1. The highest BCUT2D eigenvalue weighted by molar-refractivity contribution is 9.10. The second-order valence-electron chi connectivity index (χ2n) is 2.92. The van der Waals surface area contributed by atoms with Crippen LogP contribution in [0, 0.1) is 12.3 Å². The highest BCUT2D eigenvalue weighted by atomic mass is 79.9. The van der Waals surface area contributed by atoms with Crippen molar-refractivity contribution in [3.8, 4) is 12.3 Å². The van der Waals surface area contributed by atoms with Gasteiger partial charge < -0.3 is 5.32 Å². The maximum Gasteiger partial charge on any atom is 0.224 e. The van der Waals surface area contributed by atoms with Crippen molar-refractivity contribution >= 4 is 33.3 Å². The average molecular weight is 289 g/mol. The summed E-state index contributed by atoms with van der Waals surface area (Å²) in [6.07, 6.45) is 9.61. The minimum absolute atomic E-state index is 0.240. The van der Waals surface area contributed by atoms with Crippen molar-refractivity contribution in [3.63, 3.8) is 0 Å². The van der Waals surface area contributed by atoms with Crippen molar-refractivity contribution in [2.75, 3.05) is 11.9 Å². The Hall–Kier alpha value is -0.790. The highest BCUT2D eigenvalue weighted by Gasteiger charge is 2.02. The monoisotopic (exact) mass is 287 g/mol. The van der Waals surface area contributed by atoms with Crippen LogP contribution in [0.1, 0.15) is 19.3 Å². The van der Waals surface area contributed by atoms with Gasteiger partial charge in [-0.25, -0.2) is 4.98 Å². The van der Waals surface area contributed by atoms with Crippen LogP contribution in [0.5, 0.6) is 0 Å². The van der Waals surface area contributed by atoms with E-state index in [-0.39, 0.29) is 5.28 Å². The standard InChI is InChI=1S/C10H11BrClN3/c1-2-3-4-5-6-13-9-8(11)7-14-10(12)15-9/h1,7H,3-6H2,(H,13,14,15). The fourth-order valence-corrected chi connectivity index (χ4v) is 1.49. The predicted octanol–water partition coefficient (Wildman–Crippen LogP) is 3.11. The molecule has 1 rings (SSSR count). The third kappa shape index (κ3) is 4.50. The molecule has 0 amide bonds. The second-order valence-corrected chi connectivity index (χ2v) is 4.12. The van der Waals surface area contributed by atoms with Crippen LogP contribution in [0.15, 0.2) is 10.7 Å². The molecular weight excluding hydrogens is 277 g/mol. The SMILES string of the molecule is C#CCCCCNc1nc(Cl)ncc1Br. The van der Waals surface area contributed by atoms with Gasteiger partial charge in [0.25, 0.3) is 0 Å². The lowest BCUT2D eigenvalue weighted by molar-refractivity contribution is 0.786. The first kappa shape index (κ1) is 12.3. The molecule has 0 spiro atoms. The highest BCUT2D eigenvalue weighted by Crippen LogP contribution is 2.19. The molecule has 0 saturated heterocycles. The zero-order chi connectivity index (χ0) is 11.1. The van der Waals surface area contributed by atoms with Crippen LogP contribution in [0.2, 0.25) is 5.28 Å². The first-order valence-electron chi connectivity index (χ1n) is 4.59. The minimum Gasteiger partial charge on any atom is -0.369 e. The summed E-state index contributed by atoms with van der Waals surface area (Å²) in [5.41, 5.74) is 0. The molecular formula is C10H11BrClN3. The summed E-state index contributed by atoms with van der Waals surface area (Å²) in [4.78, 5) is 7.88. The van der Waals surface area contributed by atoms with Crippen LogP contribution in [-0.2, 0) is 0 Å².